The normalized spacial score (nSPS) is 10.8. The Bertz CT molecular complexity index is 634. The van der Waals surface area contributed by atoms with Crippen molar-refractivity contribution in [2.45, 2.75) is 26.7 Å². The Hall–Kier alpha value is -1.69. The maximum Gasteiger partial charge on any atom is 0.227 e. The molecule has 4 nitrogen and oxygen atoms in total. The van der Waals surface area contributed by atoms with Crippen molar-refractivity contribution in [3.63, 3.8) is 0 Å². The van der Waals surface area contributed by atoms with Crippen molar-refractivity contribution < 1.29 is 9.13 Å². The number of hydrogen-bond acceptors (Lipinski definition) is 4. The molecule has 21 heavy (non-hydrogen) atoms. The SMILES string of the molecule is CCNc1ncnc(Oc2ccc(F)c(Br)c2)c1C(C)C. The molecule has 0 fully saturated rings. The molecule has 0 bridgehead atoms. The van der Waals surface area contributed by atoms with Gasteiger partial charge < -0.3 is 10.1 Å². The summed E-state index contributed by atoms with van der Waals surface area (Å²) >= 11 is 3.15. The Kier molecular flexibility index (Phi) is 5.12. The van der Waals surface area contributed by atoms with Gasteiger partial charge in [0.15, 0.2) is 0 Å². The van der Waals surface area contributed by atoms with Crippen molar-refractivity contribution in [2.24, 2.45) is 0 Å². The van der Waals surface area contributed by atoms with Crippen LogP contribution in [0.3, 0.4) is 0 Å². The molecule has 1 heterocycles. The van der Waals surface area contributed by atoms with Crippen LogP contribution in [0.5, 0.6) is 11.6 Å². The molecule has 1 aromatic heterocycles. The van der Waals surface area contributed by atoms with Gasteiger partial charge in [0.2, 0.25) is 5.88 Å². The topological polar surface area (TPSA) is 47.0 Å². The number of rotatable bonds is 5. The molecular formula is C15H17BrFN3O. The molecule has 1 N–H and O–H groups in total. The third kappa shape index (κ3) is 3.69. The van der Waals surface area contributed by atoms with Crippen LogP contribution < -0.4 is 10.1 Å². The third-order valence-corrected chi connectivity index (χ3v) is 3.48. The van der Waals surface area contributed by atoms with Crippen LogP contribution in [0.1, 0.15) is 32.3 Å². The minimum atomic E-state index is -0.331. The lowest BCUT2D eigenvalue weighted by Crippen LogP contribution is -2.07. The molecule has 0 saturated carbocycles. The second kappa shape index (κ2) is 6.85. The van der Waals surface area contributed by atoms with Crippen molar-refractivity contribution in [1.82, 2.24) is 9.97 Å². The molecule has 0 radical (unpaired) electrons. The first kappa shape index (κ1) is 15.7. The maximum atomic E-state index is 13.3. The number of benzene rings is 1. The zero-order chi connectivity index (χ0) is 15.4. The van der Waals surface area contributed by atoms with Crippen LogP contribution in [0.2, 0.25) is 0 Å². The second-order valence-electron chi connectivity index (χ2n) is 4.80. The fourth-order valence-corrected chi connectivity index (χ4v) is 2.30. The van der Waals surface area contributed by atoms with E-state index in [-0.39, 0.29) is 11.7 Å². The summed E-state index contributed by atoms with van der Waals surface area (Å²) in [7, 11) is 0. The lowest BCUT2D eigenvalue weighted by Gasteiger charge is -2.16. The summed E-state index contributed by atoms with van der Waals surface area (Å²) < 4.78 is 19.4. The van der Waals surface area contributed by atoms with E-state index < -0.39 is 0 Å². The van der Waals surface area contributed by atoms with Gasteiger partial charge in [0.25, 0.3) is 0 Å². The average molecular weight is 354 g/mol. The lowest BCUT2D eigenvalue weighted by atomic mass is 10.1. The minimum absolute atomic E-state index is 0.194. The van der Waals surface area contributed by atoms with Gasteiger partial charge in [-0.2, -0.15) is 0 Å². The number of hydrogen-bond donors (Lipinski definition) is 1. The van der Waals surface area contributed by atoms with Crippen molar-refractivity contribution in [2.75, 3.05) is 11.9 Å². The molecular weight excluding hydrogens is 337 g/mol. The van der Waals surface area contributed by atoms with Gasteiger partial charge in [0.1, 0.15) is 23.7 Å². The van der Waals surface area contributed by atoms with E-state index in [1.54, 1.807) is 12.1 Å². The van der Waals surface area contributed by atoms with Crippen LogP contribution in [0.4, 0.5) is 10.2 Å². The van der Waals surface area contributed by atoms with E-state index in [1.165, 1.54) is 12.4 Å². The van der Waals surface area contributed by atoms with Crippen molar-refractivity contribution in [3.8, 4) is 11.6 Å². The van der Waals surface area contributed by atoms with Crippen LogP contribution >= 0.6 is 15.9 Å². The first-order valence-corrected chi connectivity index (χ1v) is 7.53. The summed E-state index contributed by atoms with van der Waals surface area (Å²) in [5, 5.41) is 3.20. The van der Waals surface area contributed by atoms with Gasteiger partial charge in [0.05, 0.1) is 10.0 Å². The van der Waals surface area contributed by atoms with Gasteiger partial charge in [-0.1, -0.05) is 13.8 Å². The van der Waals surface area contributed by atoms with E-state index in [0.29, 0.717) is 16.1 Å². The third-order valence-electron chi connectivity index (χ3n) is 2.87. The number of nitrogens with one attached hydrogen (secondary N) is 1. The standard InChI is InChI=1S/C15H17BrFN3O/c1-4-18-14-13(9(2)3)15(20-8-19-14)21-10-5-6-12(17)11(16)7-10/h5-9H,4H2,1-3H3,(H,18,19,20). The van der Waals surface area contributed by atoms with Gasteiger partial charge >= 0.3 is 0 Å². The van der Waals surface area contributed by atoms with E-state index >= 15 is 0 Å². The van der Waals surface area contributed by atoms with Crippen molar-refractivity contribution >= 4 is 21.7 Å². The van der Waals surface area contributed by atoms with E-state index in [9.17, 15) is 4.39 Å². The fourth-order valence-electron chi connectivity index (χ4n) is 1.94. The molecule has 0 spiro atoms. The van der Waals surface area contributed by atoms with Crippen LogP contribution in [0.25, 0.3) is 0 Å². The predicted octanol–water partition coefficient (Wildman–Crippen LogP) is 4.73. The van der Waals surface area contributed by atoms with E-state index in [1.807, 2.05) is 20.8 Å². The van der Waals surface area contributed by atoms with Crippen LogP contribution in [-0.4, -0.2) is 16.5 Å². The van der Waals surface area contributed by atoms with E-state index in [0.717, 1.165) is 17.9 Å². The molecule has 0 aliphatic heterocycles. The molecule has 1 aromatic carbocycles. The van der Waals surface area contributed by atoms with Crippen LogP contribution in [0, 0.1) is 5.82 Å². The first-order chi connectivity index (χ1) is 10.0. The quantitative estimate of drug-likeness (QED) is 0.844. The first-order valence-electron chi connectivity index (χ1n) is 6.74. The lowest BCUT2D eigenvalue weighted by molar-refractivity contribution is 0.449. The summed E-state index contributed by atoms with van der Waals surface area (Å²) in [4.78, 5) is 8.46. The smallest absolute Gasteiger partial charge is 0.227 e. The molecule has 2 rings (SSSR count). The zero-order valence-electron chi connectivity index (χ0n) is 12.2. The fraction of sp³-hybridized carbons (Fsp3) is 0.333. The molecule has 0 unspecified atom stereocenters. The Labute approximate surface area is 131 Å². The van der Waals surface area contributed by atoms with Gasteiger partial charge in [-0.15, -0.1) is 0 Å². The van der Waals surface area contributed by atoms with E-state index in [2.05, 4.69) is 31.2 Å². The Morgan fingerprint density at radius 2 is 2.10 bits per heavy atom. The molecule has 2 aromatic rings. The van der Waals surface area contributed by atoms with Gasteiger partial charge in [-0.25, -0.2) is 14.4 Å². The van der Waals surface area contributed by atoms with Gasteiger partial charge in [-0.05, 0) is 47.0 Å². The summed E-state index contributed by atoms with van der Waals surface area (Å²) in [5.74, 6) is 1.63. The number of ether oxygens (including phenoxy) is 1. The largest absolute Gasteiger partial charge is 0.438 e. The highest BCUT2D eigenvalue weighted by molar-refractivity contribution is 9.10. The molecule has 0 saturated heterocycles. The summed E-state index contributed by atoms with van der Waals surface area (Å²) in [5.41, 5.74) is 0.903. The molecule has 112 valence electrons. The van der Waals surface area contributed by atoms with E-state index in [4.69, 9.17) is 4.74 Å². The summed E-state index contributed by atoms with van der Waals surface area (Å²) in [6.45, 7) is 6.86. The minimum Gasteiger partial charge on any atom is -0.438 e. The Balaban J connectivity index is 2.38. The maximum absolute atomic E-state index is 13.3. The highest BCUT2D eigenvalue weighted by Crippen LogP contribution is 2.33. The Morgan fingerprint density at radius 3 is 2.71 bits per heavy atom. The highest BCUT2D eigenvalue weighted by Gasteiger charge is 2.16. The van der Waals surface area contributed by atoms with Crippen LogP contribution in [0.15, 0.2) is 29.0 Å². The van der Waals surface area contributed by atoms with Gasteiger partial charge in [-0.3, -0.25) is 0 Å². The molecule has 0 amide bonds. The summed E-state index contributed by atoms with van der Waals surface area (Å²) in [6.07, 6.45) is 1.46. The van der Waals surface area contributed by atoms with Crippen molar-refractivity contribution in [3.05, 3.63) is 40.4 Å². The number of anilines is 1. The number of halogens is 2. The monoisotopic (exact) mass is 353 g/mol. The summed E-state index contributed by atoms with van der Waals surface area (Å²) in [6, 6.07) is 4.49. The molecule has 6 heteroatoms. The van der Waals surface area contributed by atoms with Gasteiger partial charge in [0, 0.05) is 6.54 Å². The number of nitrogens with zero attached hydrogens (tertiary/aromatic N) is 2. The highest BCUT2D eigenvalue weighted by atomic mass is 79.9. The Morgan fingerprint density at radius 1 is 1.33 bits per heavy atom. The molecule has 0 atom stereocenters. The van der Waals surface area contributed by atoms with Crippen molar-refractivity contribution in [1.29, 1.82) is 0 Å². The molecule has 0 aliphatic carbocycles. The number of aromatic nitrogens is 2. The predicted molar refractivity (Wildman–Crippen MR) is 84.5 cm³/mol. The molecule has 0 aliphatic rings. The second-order valence-corrected chi connectivity index (χ2v) is 5.66. The zero-order valence-corrected chi connectivity index (χ0v) is 13.7. The van der Waals surface area contributed by atoms with Crippen LogP contribution in [-0.2, 0) is 0 Å². The average Bonchev–Trinajstić information content (AvgIpc) is 2.43.